The number of likely N-dealkylation sites (tertiary alicyclic amines) is 1. The van der Waals surface area contributed by atoms with Gasteiger partial charge in [0.15, 0.2) is 0 Å². The number of alkyl halides is 12. The number of carbonyl (C=O) groups is 2. The largest absolute Gasteiger partial charge is 0.480 e. The molecule has 1 unspecified atom stereocenters. The Bertz CT molecular complexity index is 1620. The first-order valence-electron chi connectivity index (χ1n) is 14.3. The van der Waals surface area contributed by atoms with Gasteiger partial charge in [0.05, 0.1) is 12.1 Å². The maximum absolute atomic E-state index is 14.2. The van der Waals surface area contributed by atoms with Crippen molar-refractivity contribution in [2.45, 2.75) is 68.8 Å². The zero-order valence-corrected chi connectivity index (χ0v) is 24.7. The lowest BCUT2D eigenvalue weighted by Gasteiger charge is -2.42. The van der Waals surface area contributed by atoms with Crippen molar-refractivity contribution in [3.05, 3.63) is 68.1 Å². The first-order valence-corrected chi connectivity index (χ1v) is 14.3. The zero-order chi connectivity index (χ0) is 36.2. The molecule has 1 amide bonds. The monoisotopic (exact) mass is 709 g/mol. The quantitative estimate of drug-likeness (QED) is 0.354. The molecule has 2 heterocycles. The normalized spacial score (nSPS) is 19.6. The van der Waals surface area contributed by atoms with Crippen molar-refractivity contribution in [3.8, 4) is 0 Å². The number of hydrogen-bond donors (Lipinski definition) is 2. The van der Waals surface area contributed by atoms with E-state index in [9.17, 15) is 72.2 Å². The highest BCUT2D eigenvalue weighted by Crippen LogP contribution is 2.48. The molecule has 2 N–H and O–H groups in total. The number of piperidine rings is 1. The number of amides is 1. The minimum absolute atomic E-state index is 0.0481. The van der Waals surface area contributed by atoms with Gasteiger partial charge in [-0.3, -0.25) is 14.5 Å². The maximum Gasteiger partial charge on any atom is 0.431 e. The molecule has 7 nitrogen and oxygen atoms in total. The summed E-state index contributed by atoms with van der Waals surface area (Å²) in [6.45, 7) is -3.04. The summed E-state index contributed by atoms with van der Waals surface area (Å²) in [6.07, 6.45) is -23.8. The fraction of sp³-hybridized carbons (Fsp3) is 0.552. The van der Waals surface area contributed by atoms with Crippen molar-refractivity contribution in [1.29, 1.82) is 0 Å². The lowest BCUT2D eigenvalue weighted by atomic mass is 9.76. The molecule has 2 atom stereocenters. The molecule has 266 valence electrons. The Kier molecular flexibility index (Phi) is 9.73. The number of aliphatic carboxylic acids is 1. The highest BCUT2D eigenvalue weighted by Gasteiger charge is 2.61. The Labute approximate surface area is 263 Å². The van der Waals surface area contributed by atoms with Gasteiger partial charge in [-0.2, -0.15) is 52.7 Å². The molecule has 19 heteroatoms. The number of pyridine rings is 1. The first-order chi connectivity index (χ1) is 21.9. The van der Waals surface area contributed by atoms with Gasteiger partial charge in [-0.05, 0) is 61.5 Å². The number of nitrogens with one attached hydrogen (secondary N) is 1. The third kappa shape index (κ3) is 7.29. The fourth-order valence-electron chi connectivity index (χ4n) is 6.48. The number of rotatable bonds is 7. The summed E-state index contributed by atoms with van der Waals surface area (Å²) < 4.78 is 163. The second-order valence-corrected chi connectivity index (χ2v) is 11.8. The van der Waals surface area contributed by atoms with Crippen LogP contribution in [0.2, 0.25) is 0 Å². The van der Waals surface area contributed by atoms with Gasteiger partial charge in [-0.15, -0.1) is 0 Å². The van der Waals surface area contributed by atoms with Crippen LogP contribution in [0.4, 0.5) is 52.7 Å². The van der Waals surface area contributed by atoms with Crippen LogP contribution in [-0.4, -0.2) is 64.5 Å². The Hall–Kier alpha value is -3.77. The van der Waals surface area contributed by atoms with Gasteiger partial charge in [0.2, 0.25) is 5.91 Å². The molecule has 0 spiro atoms. The van der Waals surface area contributed by atoms with E-state index in [1.54, 1.807) is 0 Å². The van der Waals surface area contributed by atoms with E-state index < -0.39 is 115 Å². The van der Waals surface area contributed by atoms with E-state index in [2.05, 4.69) is 0 Å². The summed E-state index contributed by atoms with van der Waals surface area (Å²) in [7, 11) is 0.662. The summed E-state index contributed by atoms with van der Waals surface area (Å²) in [5.41, 5.74) is -9.06. The molecule has 1 saturated heterocycles. The summed E-state index contributed by atoms with van der Waals surface area (Å²) >= 11 is 0. The molecule has 0 bridgehead atoms. The molecule has 1 aromatic heterocycles. The van der Waals surface area contributed by atoms with Crippen LogP contribution in [0, 0.1) is 5.41 Å². The third-order valence-corrected chi connectivity index (χ3v) is 8.90. The van der Waals surface area contributed by atoms with E-state index in [0.717, 1.165) is 0 Å². The molecule has 1 aliphatic heterocycles. The van der Waals surface area contributed by atoms with Crippen molar-refractivity contribution in [2.75, 3.05) is 19.6 Å². The number of hydrogen-bond acceptors (Lipinski definition) is 4. The van der Waals surface area contributed by atoms with Crippen molar-refractivity contribution in [1.82, 2.24) is 14.8 Å². The van der Waals surface area contributed by atoms with Crippen LogP contribution in [0.25, 0.3) is 0 Å². The van der Waals surface area contributed by atoms with Gasteiger partial charge in [-0.25, -0.2) is 4.79 Å². The van der Waals surface area contributed by atoms with Crippen LogP contribution < -0.4 is 10.9 Å². The van der Waals surface area contributed by atoms with E-state index in [0.29, 0.717) is 11.9 Å². The van der Waals surface area contributed by atoms with E-state index in [4.69, 9.17) is 0 Å². The molecular formula is C29H27F12N3O4. The van der Waals surface area contributed by atoms with Gasteiger partial charge in [-0.1, -0.05) is 18.2 Å². The van der Waals surface area contributed by atoms with Gasteiger partial charge >= 0.3 is 30.7 Å². The fourth-order valence-corrected chi connectivity index (χ4v) is 6.48. The SMILES string of the molecule is Cn1c(C(F)(F)F)cc(C(F)(F)F)c(C2CCc3c(C[C@H](NC(=O)C4(C(F)(F)F)CCN(CC(F)(F)F)CC4)C(=O)O)cccc32)c1=O. The Morgan fingerprint density at radius 2 is 1.58 bits per heavy atom. The number of carboxylic acid groups (broad SMARTS) is 1. The number of nitrogens with zero attached hydrogens (tertiary/aromatic N) is 2. The summed E-state index contributed by atoms with van der Waals surface area (Å²) in [4.78, 5) is 38.9. The van der Waals surface area contributed by atoms with E-state index in [-0.39, 0.29) is 40.2 Å². The number of benzene rings is 1. The molecule has 1 fully saturated rings. The summed E-state index contributed by atoms with van der Waals surface area (Å²) in [6, 6.07) is 1.64. The molecule has 48 heavy (non-hydrogen) atoms. The smallest absolute Gasteiger partial charge is 0.431 e. The minimum Gasteiger partial charge on any atom is -0.480 e. The lowest BCUT2D eigenvalue weighted by molar-refractivity contribution is -0.236. The van der Waals surface area contributed by atoms with Crippen LogP contribution >= 0.6 is 0 Å². The highest BCUT2D eigenvalue weighted by molar-refractivity contribution is 5.88. The van der Waals surface area contributed by atoms with Crippen LogP contribution in [0.1, 0.15) is 58.7 Å². The second-order valence-electron chi connectivity index (χ2n) is 11.8. The molecule has 1 aliphatic carbocycles. The van der Waals surface area contributed by atoms with Crippen molar-refractivity contribution in [3.63, 3.8) is 0 Å². The average molecular weight is 710 g/mol. The van der Waals surface area contributed by atoms with Crippen molar-refractivity contribution in [2.24, 2.45) is 12.5 Å². The van der Waals surface area contributed by atoms with Crippen molar-refractivity contribution >= 4 is 11.9 Å². The van der Waals surface area contributed by atoms with Crippen LogP contribution in [0.3, 0.4) is 0 Å². The number of halogens is 12. The average Bonchev–Trinajstić information content (AvgIpc) is 3.36. The Morgan fingerprint density at radius 3 is 2.08 bits per heavy atom. The van der Waals surface area contributed by atoms with Gasteiger partial charge < -0.3 is 15.0 Å². The number of carbonyl (C=O) groups excluding carboxylic acids is 1. The topological polar surface area (TPSA) is 91.6 Å². The predicted octanol–water partition coefficient (Wildman–Crippen LogP) is 5.82. The van der Waals surface area contributed by atoms with Crippen molar-refractivity contribution < 1.29 is 67.4 Å². The molecule has 4 rings (SSSR count). The molecule has 0 saturated carbocycles. The molecule has 2 aromatic rings. The van der Waals surface area contributed by atoms with E-state index >= 15 is 0 Å². The lowest BCUT2D eigenvalue weighted by Crippen LogP contribution is -2.59. The van der Waals surface area contributed by atoms with Crippen LogP contribution in [0.5, 0.6) is 0 Å². The summed E-state index contributed by atoms with van der Waals surface area (Å²) in [5.74, 6) is -4.95. The van der Waals surface area contributed by atoms with Gasteiger partial charge in [0.1, 0.15) is 17.2 Å². The van der Waals surface area contributed by atoms with Gasteiger partial charge in [0.25, 0.3) is 5.56 Å². The van der Waals surface area contributed by atoms with E-state index in [1.807, 2.05) is 5.32 Å². The zero-order valence-electron chi connectivity index (χ0n) is 24.7. The molecule has 2 aliphatic rings. The van der Waals surface area contributed by atoms with Gasteiger partial charge in [0, 0.05) is 24.9 Å². The Morgan fingerprint density at radius 1 is 0.979 bits per heavy atom. The minimum atomic E-state index is -5.38. The van der Waals surface area contributed by atoms with Crippen LogP contribution in [-0.2, 0) is 41.8 Å². The third-order valence-electron chi connectivity index (χ3n) is 8.90. The maximum atomic E-state index is 14.2. The first kappa shape index (κ1) is 37.1. The molecule has 0 radical (unpaired) electrons. The number of fused-ring (bicyclic) bond motifs is 1. The predicted molar refractivity (Wildman–Crippen MR) is 142 cm³/mol. The Balaban J connectivity index is 1.66. The number of carboxylic acids is 1. The second kappa shape index (κ2) is 12.6. The standard InChI is InChI=1S/C29H27F12N3O4/c1-43-20(28(36,37)38)12-18(27(33,34)35)21(22(43)45)17-6-5-15-14(3-2-4-16(15)17)11-19(23(46)47)42-24(48)25(29(39,40)41)7-9-44(10-8-25)13-26(30,31)32/h2-4,12,17,19H,5-11,13H2,1H3,(H,42,48)(H,46,47)/t17?,19-/m0/s1. The highest BCUT2D eigenvalue weighted by atomic mass is 19.4. The summed E-state index contributed by atoms with van der Waals surface area (Å²) in [5, 5.41) is 11.6. The van der Waals surface area contributed by atoms with E-state index in [1.165, 1.54) is 18.2 Å². The molecular weight excluding hydrogens is 682 g/mol. The number of aromatic nitrogens is 1. The van der Waals surface area contributed by atoms with Crippen LogP contribution in [0.15, 0.2) is 29.1 Å². The molecule has 1 aromatic carbocycles.